The fourth-order valence-electron chi connectivity index (χ4n) is 2.06. The van der Waals surface area contributed by atoms with Crippen LogP contribution in [0.4, 0.5) is 0 Å². The molecule has 0 aliphatic carbocycles. The van der Waals surface area contributed by atoms with Crippen LogP contribution in [-0.4, -0.2) is 13.7 Å². The molecule has 1 aromatic carbocycles. The summed E-state index contributed by atoms with van der Waals surface area (Å²) in [6.45, 7) is 2.88. The highest BCUT2D eigenvalue weighted by Crippen LogP contribution is 2.38. The van der Waals surface area contributed by atoms with Crippen molar-refractivity contribution in [2.24, 2.45) is 0 Å². The Balaban J connectivity index is 2.53. The van der Waals surface area contributed by atoms with Crippen molar-refractivity contribution in [1.29, 1.82) is 0 Å². The lowest BCUT2D eigenvalue weighted by molar-refractivity contribution is 0.401. The van der Waals surface area contributed by atoms with Crippen LogP contribution in [0, 0.1) is 0 Å². The number of methoxy groups -OCH3 is 1. The molecule has 1 atom stereocenters. The van der Waals surface area contributed by atoms with E-state index in [4.69, 9.17) is 20.8 Å². The van der Waals surface area contributed by atoms with Crippen molar-refractivity contribution in [3.8, 4) is 5.75 Å². The zero-order chi connectivity index (χ0) is 13.8. The van der Waals surface area contributed by atoms with Crippen LogP contribution in [0.25, 0.3) is 0 Å². The number of ether oxygens (including phenoxy) is 1. The summed E-state index contributed by atoms with van der Waals surface area (Å²) in [5.74, 6) is 0.775. The maximum atomic E-state index is 6.15. The Bertz CT molecular complexity index is 543. The van der Waals surface area contributed by atoms with Gasteiger partial charge in [0.1, 0.15) is 5.75 Å². The summed E-state index contributed by atoms with van der Waals surface area (Å²) < 4.78 is 11.5. The van der Waals surface area contributed by atoms with Gasteiger partial charge in [0.25, 0.3) is 0 Å². The molecule has 2 rings (SSSR count). The molecular weight excluding hydrogens is 330 g/mol. The molecule has 0 amide bonds. The molecule has 5 heteroatoms. The Hall–Kier alpha value is -0.970. The van der Waals surface area contributed by atoms with E-state index >= 15 is 0 Å². The van der Waals surface area contributed by atoms with E-state index in [1.165, 1.54) is 0 Å². The van der Waals surface area contributed by atoms with Crippen molar-refractivity contribution >= 4 is 27.5 Å². The van der Waals surface area contributed by atoms with E-state index in [-0.39, 0.29) is 6.04 Å². The summed E-state index contributed by atoms with van der Waals surface area (Å²) in [6.07, 6.45) is 3.38. The molecule has 1 unspecified atom stereocenters. The fourth-order valence-corrected chi connectivity index (χ4v) is 3.06. The van der Waals surface area contributed by atoms with Crippen LogP contribution in [-0.2, 0) is 0 Å². The number of hydrogen-bond acceptors (Lipinski definition) is 3. The van der Waals surface area contributed by atoms with Crippen molar-refractivity contribution in [3.63, 3.8) is 0 Å². The molecule has 1 heterocycles. The van der Waals surface area contributed by atoms with Gasteiger partial charge in [0, 0.05) is 16.1 Å². The number of hydrogen-bond donors (Lipinski definition) is 1. The average molecular weight is 345 g/mol. The number of nitrogens with one attached hydrogen (secondary N) is 1. The molecule has 3 nitrogen and oxygen atoms in total. The van der Waals surface area contributed by atoms with Crippen LogP contribution < -0.4 is 10.1 Å². The molecule has 0 saturated carbocycles. The zero-order valence-corrected chi connectivity index (χ0v) is 13.1. The molecule has 19 heavy (non-hydrogen) atoms. The maximum Gasteiger partial charge on any atom is 0.138 e. The lowest BCUT2D eigenvalue weighted by atomic mass is 10.00. The molecule has 102 valence electrons. The predicted molar refractivity (Wildman–Crippen MR) is 79.9 cm³/mol. The summed E-state index contributed by atoms with van der Waals surface area (Å²) >= 11 is 9.63. The summed E-state index contributed by atoms with van der Waals surface area (Å²) in [6, 6.07) is 5.64. The van der Waals surface area contributed by atoms with E-state index in [1.807, 2.05) is 18.2 Å². The predicted octanol–water partition coefficient (Wildman–Crippen LogP) is 4.40. The van der Waals surface area contributed by atoms with Crippen LogP contribution in [0.1, 0.15) is 24.1 Å². The lowest BCUT2D eigenvalue weighted by Gasteiger charge is -2.20. The van der Waals surface area contributed by atoms with Crippen LogP contribution in [0.2, 0.25) is 5.02 Å². The highest BCUT2D eigenvalue weighted by atomic mass is 79.9. The summed E-state index contributed by atoms with van der Waals surface area (Å²) in [4.78, 5) is 0. The molecule has 2 aromatic rings. The highest BCUT2D eigenvalue weighted by Gasteiger charge is 2.21. The molecule has 0 aliphatic rings. The smallest absolute Gasteiger partial charge is 0.138 e. The minimum absolute atomic E-state index is 0.0197. The molecule has 1 aromatic heterocycles. The van der Waals surface area contributed by atoms with Crippen molar-refractivity contribution in [2.45, 2.75) is 13.0 Å². The minimum Gasteiger partial charge on any atom is -0.495 e. The minimum atomic E-state index is -0.0197. The van der Waals surface area contributed by atoms with Crippen LogP contribution >= 0.6 is 27.5 Å². The highest BCUT2D eigenvalue weighted by molar-refractivity contribution is 9.10. The SMILES string of the molecule is CCNC(c1ccoc1)c1cc(Cl)cc(Br)c1OC. The summed E-state index contributed by atoms with van der Waals surface area (Å²) in [5, 5.41) is 4.07. The van der Waals surface area contributed by atoms with Gasteiger partial charge in [0.15, 0.2) is 0 Å². The normalized spacial score (nSPS) is 12.4. The van der Waals surface area contributed by atoms with E-state index in [0.717, 1.165) is 27.9 Å². The van der Waals surface area contributed by atoms with Crippen molar-refractivity contribution in [1.82, 2.24) is 5.32 Å². The monoisotopic (exact) mass is 343 g/mol. The first-order chi connectivity index (χ1) is 9.17. The second-order valence-corrected chi connectivity index (χ2v) is 5.35. The van der Waals surface area contributed by atoms with Crippen LogP contribution in [0.15, 0.2) is 39.6 Å². The van der Waals surface area contributed by atoms with Gasteiger partial charge in [-0.05, 0) is 40.7 Å². The Morgan fingerprint density at radius 2 is 2.26 bits per heavy atom. The van der Waals surface area contributed by atoms with E-state index in [9.17, 15) is 0 Å². The van der Waals surface area contributed by atoms with Crippen molar-refractivity contribution in [2.75, 3.05) is 13.7 Å². The second kappa shape index (κ2) is 6.46. The van der Waals surface area contributed by atoms with Gasteiger partial charge in [-0.1, -0.05) is 18.5 Å². The molecule has 1 N–H and O–H groups in total. The largest absolute Gasteiger partial charge is 0.495 e. The number of rotatable bonds is 5. The quantitative estimate of drug-likeness (QED) is 0.873. The van der Waals surface area contributed by atoms with Gasteiger partial charge in [-0.2, -0.15) is 0 Å². The molecule has 0 radical (unpaired) electrons. The molecule has 0 fully saturated rings. The number of furan rings is 1. The maximum absolute atomic E-state index is 6.15. The fraction of sp³-hybridized carbons (Fsp3) is 0.286. The standard InChI is InChI=1S/C14H15BrClNO2/c1-3-17-13(9-4-5-19-8-9)11-6-10(16)7-12(15)14(11)18-2/h4-8,13,17H,3H2,1-2H3. The topological polar surface area (TPSA) is 34.4 Å². The molecule has 0 aliphatic heterocycles. The third kappa shape index (κ3) is 3.14. The molecule has 0 bridgehead atoms. The lowest BCUT2D eigenvalue weighted by Crippen LogP contribution is -2.22. The molecule has 0 saturated heterocycles. The second-order valence-electron chi connectivity index (χ2n) is 4.06. The Morgan fingerprint density at radius 1 is 1.47 bits per heavy atom. The van der Waals surface area contributed by atoms with E-state index in [0.29, 0.717) is 5.02 Å². The third-order valence-electron chi connectivity index (χ3n) is 2.84. The van der Waals surface area contributed by atoms with Crippen molar-refractivity contribution in [3.05, 3.63) is 51.3 Å². The molecular formula is C14H15BrClNO2. The van der Waals surface area contributed by atoms with Gasteiger partial charge in [-0.15, -0.1) is 0 Å². The number of halogens is 2. The van der Waals surface area contributed by atoms with E-state index in [2.05, 4.69) is 28.2 Å². The van der Waals surface area contributed by atoms with Crippen LogP contribution in [0.5, 0.6) is 5.75 Å². The average Bonchev–Trinajstić information content (AvgIpc) is 2.88. The molecule has 0 spiro atoms. The van der Waals surface area contributed by atoms with E-state index < -0.39 is 0 Å². The summed E-state index contributed by atoms with van der Waals surface area (Å²) in [7, 11) is 1.65. The first-order valence-electron chi connectivity index (χ1n) is 5.95. The zero-order valence-electron chi connectivity index (χ0n) is 10.7. The first kappa shape index (κ1) is 14.4. The Morgan fingerprint density at radius 3 is 2.84 bits per heavy atom. The van der Waals surface area contributed by atoms with Crippen molar-refractivity contribution < 1.29 is 9.15 Å². The van der Waals surface area contributed by atoms with Gasteiger partial charge in [0.2, 0.25) is 0 Å². The third-order valence-corrected chi connectivity index (χ3v) is 3.64. The van der Waals surface area contributed by atoms with Gasteiger partial charge < -0.3 is 14.5 Å². The van der Waals surface area contributed by atoms with E-state index in [1.54, 1.807) is 19.6 Å². The Kier molecular flexibility index (Phi) is 4.91. The summed E-state index contributed by atoms with van der Waals surface area (Å²) in [5.41, 5.74) is 2.01. The van der Waals surface area contributed by atoms with Gasteiger partial charge in [0.05, 0.1) is 30.2 Å². The Labute approximate surface area is 126 Å². The number of benzene rings is 1. The van der Waals surface area contributed by atoms with Gasteiger partial charge in [-0.25, -0.2) is 0 Å². The van der Waals surface area contributed by atoms with Crippen LogP contribution in [0.3, 0.4) is 0 Å². The first-order valence-corrected chi connectivity index (χ1v) is 7.12. The van der Waals surface area contributed by atoms with Gasteiger partial charge in [-0.3, -0.25) is 0 Å². The van der Waals surface area contributed by atoms with Gasteiger partial charge >= 0.3 is 0 Å².